The maximum Gasteiger partial charge on any atom is 0.169 e. The van der Waals surface area contributed by atoms with E-state index < -0.39 is 0 Å². The molecule has 0 aromatic heterocycles. The van der Waals surface area contributed by atoms with Gasteiger partial charge in [0.2, 0.25) is 0 Å². The second kappa shape index (κ2) is 9.16. The molecule has 2 aliphatic rings. The molecule has 2 rings (SSSR count). The van der Waals surface area contributed by atoms with Crippen LogP contribution in [-0.2, 0) is 18.9 Å². The van der Waals surface area contributed by atoms with Crippen molar-refractivity contribution in [3.8, 4) is 0 Å². The van der Waals surface area contributed by atoms with Crippen LogP contribution < -0.4 is 0 Å². The van der Waals surface area contributed by atoms with Crippen LogP contribution in [0.2, 0.25) is 0 Å². The minimum Gasteiger partial charge on any atom is -0.350 e. The maximum atomic E-state index is 6.03. The van der Waals surface area contributed by atoms with E-state index in [0.717, 1.165) is 45.7 Å². The van der Waals surface area contributed by atoms with Crippen LogP contribution in [0.3, 0.4) is 0 Å². The van der Waals surface area contributed by atoms with Crippen LogP contribution in [-0.4, -0.2) is 42.9 Å². The molecule has 22 heavy (non-hydrogen) atoms. The van der Waals surface area contributed by atoms with E-state index in [9.17, 15) is 0 Å². The normalized spacial score (nSPS) is 25.0. The zero-order valence-electron chi connectivity index (χ0n) is 14.2. The lowest BCUT2D eigenvalue weighted by molar-refractivity contribution is -0.184. The van der Waals surface area contributed by atoms with Crippen molar-refractivity contribution in [1.29, 1.82) is 0 Å². The average molecular weight is 426 g/mol. The lowest BCUT2D eigenvalue weighted by Crippen LogP contribution is -2.36. The Morgan fingerprint density at radius 2 is 1.64 bits per heavy atom. The molecule has 130 valence electrons. The standard InChI is InChI=1S/C17H31IO4/c1-13(2)11-17(21-8-9-22-17)12-14(3)15(4-5-18)10-16-19-6-7-20-16/h13-16H,4-12H2,1-3H3/t14-,15-/m1/s1. The molecule has 2 saturated heterocycles. The molecule has 0 aliphatic carbocycles. The van der Waals surface area contributed by atoms with E-state index in [4.69, 9.17) is 18.9 Å². The second-order valence-corrected chi connectivity index (χ2v) is 8.11. The van der Waals surface area contributed by atoms with E-state index in [1.54, 1.807) is 0 Å². The van der Waals surface area contributed by atoms with Gasteiger partial charge in [0.05, 0.1) is 26.4 Å². The van der Waals surface area contributed by atoms with Crippen LogP contribution in [0.25, 0.3) is 0 Å². The zero-order valence-corrected chi connectivity index (χ0v) is 16.3. The van der Waals surface area contributed by atoms with E-state index in [1.807, 2.05) is 0 Å². The van der Waals surface area contributed by atoms with Crippen molar-refractivity contribution >= 4 is 22.6 Å². The molecule has 2 heterocycles. The van der Waals surface area contributed by atoms with Crippen molar-refractivity contribution < 1.29 is 18.9 Å². The molecular formula is C17H31IO4. The molecule has 0 amide bonds. The quantitative estimate of drug-likeness (QED) is 0.413. The van der Waals surface area contributed by atoms with Gasteiger partial charge in [-0.15, -0.1) is 0 Å². The van der Waals surface area contributed by atoms with E-state index in [1.165, 1.54) is 10.8 Å². The van der Waals surface area contributed by atoms with Gasteiger partial charge in [-0.2, -0.15) is 0 Å². The Kier molecular flexibility index (Phi) is 7.87. The minimum absolute atomic E-state index is 0.0122. The molecule has 2 atom stereocenters. The lowest BCUT2D eigenvalue weighted by atomic mass is 9.82. The van der Waals surface area contributed by atoms with Gasteiger partial charge in [-0.05, 0) is 28.6 Å². The fourth-order valence-electron chi connectivity index (χ4n) is 3.66. The van der Waals surface area contributed by atoms with Gasteiger partial charge in [-0.3, -0.25) is 0 Å². The van der Waals surface area contributed by atoms with E-state index in [-0.39, 0.29) is 12.1 Å². The van der Waals surface area contributed by atoms with Gasteiger partial charge in [-0.25, -0.2) is 0 Å². The van der Waals surface area contributed by atoms with Crippen molar-refractivity contribution in [2.24, 2.45) is 17.8 Å². The Balaban J connectivity index is 1.93. The number of alkyl halides is 1. The molecule has 2 aliphatic heterocycles. The summed E-state index contributed by atoms with van der Waals surface area (Å²) in [6.07, 6.45) is 4.12. The zero-order chi connectivity index (χ0) is 16.0. The van der Waals surface area contributed by atoms with Gasteiger partial charge >= 0.3 is 0 Å². The monoisotopic (exact) mass is 426 g/mol. The molecule has 0 spiro atoms. The molecule has 0 aromatic rings. The summed E-state index contributed by atoms with van der Waals surface area (Å²) < 4.78 is 24.5. The largest absolute Gasteiger partial charge is 0.350 e. The summed E-state index contributed by atoms with van der Waals surface area (Å²) in [6.45, 7) is 9.73. The Hall–Kier alpha value is 0.570. The summed E-state index contributed by atoms with van der Waals surface area (Å²) in [5.74, 6) is 1.35. The van der Waals surface area contributed by atoms with Crippen LogP contribution in [0.1, 0.15) is 46.5 Å². The Morgan fingerprint density at radius 3 is 2.18 bits per heavy atom. The van der Waals surface area contributed by atoms with Gasteiger partial charge in [0.1, 0.15) is 0 Å². The Labute approximate surface area is 148 Å². The van der Waals surface area contributed by atoms with Crippen LogP contribution in [0.5, 0.6) is 0 Å². The van der Waals surface area contributed by atoms with Gasteiger partial charge in [0, 0.05) is 19.3 Å². The average Bonchev–Trinajstić information content (AvgIpc) is 3.09. The number of hydrogen-bond acceptors (Lipinski definition) is 4. The molecular weight excluding hydrogens is 395 g/mol. The third-order valence-corrected chi connectivity index (χ3v) is 5.26. The predicted octanol–water partition coefficient (Wildman–Crippen LogP) is 4.01. The molecule has 0 N–H and O–H groups in total. The molecule has 0 unspecified atom stereocenters. The smallest absolute Gasteiger partial charge is 0.169 e. The number of ether oxygens (including phenoxy) is 4. The molecule has 4 nitrogen and oxygen atoms in total. The first-order valence-electron chi connectivity index (χ1n) is 8.62. The molecule has 5 heteroatoms. The van der Waals surface area contributed by atoms with Crippen molar-refractivity contribution in [2.75, 3.05) is 30.9 Å². The summed E-state index contributed by atoms with van der Waals surface area (Å²) in [6, 6.07) is 0. The summed E-state index contributed by atoms with van der Waals surface area (Å²) in [5.41, 5.74) is 0. The molecule has 0 saturated carbocycles. The van der Waals surface area contributed by atoms with Crippen molar-refractivity contribution in [2.45, 2.75) is 58.5 Å². The van der Waals surface area contributed by atoms with Crippen LogP contribution in [0.15, 0.2) is 0 Å². The first-order valence-corrected chi connectivity index (χ1v) is 10.1. The fourth-order valence-corrected chi connectivity index (χ4v) is 4.46. The van der Waals surface area contributed by atoms with Gasteiger partial charge < -0.3 is 18.9 Å². The van der Waals surface area contributed by atoms with Crippen molar-refractivity contribution in [3.05, 3.63) is 0 Å². The third-order valence-electron chi connectivity index (χ3n) is 4.64. The van der Waals surface area contributed by atoms with E-state index in [0.29, 0.717) is 17.8 Å². The molecule has 0 bridgehead atoms. The summed E-state index contributed by atoms with van der Waals surface area (Å²) in [7, 11) is 0. The third kappa shape index (κ3) is 5.58. The second-order valence-electron chi connectivity index (χ2n) is 7.03. The van der Waals surface area contributed by atoms with Crippen LogP contribution in [0, 0.1) is 17.8 Å². The highest BCUT2D eigenvalue weighted by Gasteiger charge is 2.40. The summed E-state index contributed by atoms with van der Waals surface area (Å²) in [4.78, 5) is 0. The fraction of sp³-hybridized carbons (Fsp3) is 1.00. The topological polar surface area (TPSA) is 36.9 Å². The van der Waals surface area contributed by atoms with Gasteiger partial charge in [0.15, 0.2) is 12.1 Å². The van der Waals surface area contributed by atoms with E-state index >= 15 is 0 Å². The Morgan fingerprint density at radius 1 is 1.00 bits per heavy atom. The van der Waals surface area contributed by atoms with E-state index in [2.05, 4.69) is 43.4 Å². The molecule has 0 radical (unpaired) electrons. The van der Waals surface area contributed by atoms with Crippen LogP contribution in [0.4, 0.5) is 0 Å². The van der Waals surface area contributed by atoms with Gasteiger partial charge in [-0.1, -0.05) is 43.4 Å². The predicted molar refractivity (Wildman–Crippen MR) is 95.2 cm³/mol. The van der Waals surface area contributed by atoms with Crippen molar-refractivity contribution in [1.82, 2.24) is 0 Å². The first kappa shape index (κ1) is 18.9. The highest BCUT2D eigenvalue weighted by molar-refractivity contribution is 14.1. The summed E-state index contributed by atoms with van der Waals surface area (Å²) in [5, 5.41) is 0. The van der Waals surface area contributed by atoms with Crippen LogP contribution >= 0.6 is 22.6 Å². The number of hydrogen-bond donors (Lipinski definition) is 0. The number of halogens is 1. The minimum atomic E-state index is -0.367. The SMILES string of the molecule is CC(C)CC1(C[C@@H](C)[C@H](CCI)CC2OCCO2)OCCO1. The van der Waals surface area contributed by atoms with Crippen molar-refractivity contribution in [3.63, 3.8) is 0 Å². The lowest BCUT2D eigenvalue weighted by Gasteiger charge is -2.35. The molecule has 0 aromatic carbocycles. The number of rotatable bonds is 9. The summed E-state index contributed by atoms with van der Waals surface area (Å²) >= 11 is 2.47. The molecule has 2 fully saturated rings. The van der Waals surface area contributed by atoms with Gasteiger partial charge in [0.25, 0.3) is 0 Å². The Bertz CT molecular complexity index is 312. The maximum absolute atomic E-state index is 6.03. The highest BCUT2D eigenvalue weighted by atomic mass is 127. The highest BCUT2D eigenvalue weighted by Crippen LogP contribution is 2.38. The first-order chi connectivity index (χ1) is 10.5.